The minimum Gasteiger partial charge on any atom is -0.362 e. The molecule has 0 bridgehead atoms. The van der Waals surface area contributed by atoms with Crippen molar-refractivity contribution in [3.63, 3.8) is 0 Å². The first-order chi connectivity index (χ1) is 14.7. The Kier molecular flexibility index (Phi) is 8.24. The molecule has 1 amide bonds. The number of carbonyl (C=O) groups is 2. The SMILES string of the molecule is CCSC(=O)[C@H](OCc1ccccc1)[C@@H](NC(=O)c1ccccc1)c1ccccc1. The van der Waals surface area contributed by atoms with Crippen LogP contribution in [0.2, 0.25) is 0 Å². The number of benzene rings is 3. The number of rotatable bonds is 9. The Bertz CT molecular complexity index is 932. The van der Waals surface area contributed by atoms with Gasteiger partial charge in [-0.25, -0.2) is 0 Å². The van der Waals surface area contributed by atoms with Crippen LogP contribution in [0.1, 0.15) is 34.5 Å². The number of ether oxygens (including phenoxy) is 1. The molecule has 0 radical (unpaired) electrons. The van der Waals surface area contributed by atoms with E-state index in [1.165, 1.54) is 11.8 Å². The number of carbonyl (C=O) groups excluding carboxylic acids is 2. The highest BCUT2D eigenvalue weighted by Crippen LogP contribution is 2.25. The standard InChI is InChI=1S/C25H25NO3S/c1-2-30-25(28)23(29-18-19-12-6-3-7-13-19)22(20-14-8-4-9-15-20)26-24(27)21-16-10-5-11-17-21/h3-17,22-23H,2,18H2,1H3,(H,26,27)/t22-,23+/m0/s1. The maximum absolute atomic E-state index is 13.0. The second-order valence-electron chi connectivity index (χ2n) is 6.70. The van der Waals surface area contributed by atoms with Gasteiger partial charge in [0.05, 0.1) is 12.6 Å². The second kappa shape index (κ2) is 11.3. The van der Waals surface area contributed by atoms with Crippen molar-refractivity contribution in [2.45, 2.75) is 25.7 Å². The molecule has 4 nitrogen and oxygen atoms in total. The molecular formula is C25H25NO3S. The van der Waals surface area contributed by atoms with Crippen molar-refractivity contribution in [2.24, 2.45) is 0 Å². The van der Waals surface area contributed by atoms with E-state index in [1.54, 1.807) is 12.1 Å². The summed E-state index contributed by atoms with van der Waals surface area (Å²) < 4.78 is 6.11. The van der Waals surface area contributed by atoms with Crippen molar-refractivity contribution in [1.29, 1.82) is 0 Å². The number of amides is 1. The summed E-state index contributed by atoms with van der Waals surface area (Å²) >= 11 is 1.21. The first-order valence-corrected chi connectivity index (χ1v) is 10.9. The van der Waals surface area contributed by atoms with Crippen LogP contribution in [-0.4, -0.2) is 22.9 Å². The number of thioether (sulfide) groups is 1. The van der Waals surface area contributed by atoms with E-state index in [0.29, 0.717) is 11.3 Å². The van der Waals surface area contributed by atoms with Gasteiger partial charge in [0.2, 0.25) is 5.12 Å². The number of hydrogen-bond donors (Lipinski definition) is 1. The van der Waals surface area contributed by atoms with Crippen LogP contribution in [0, 0.1) is 0 Å². The van der Waals surface area contributed by atoms with E-state index >= 15 is 0 Å². The van der Waals surface area contributed by atoms with Crippen molar-refractivity contribution in [3.05, 3.63) is 108 Å². The van der Waals surface area contributed by atoms with Gasteiger partial charge in [-0.2, -0.15) is 0 Å². The third-order valence-corrected chi connectivity index (χ3v) is 5.38. The van der Waals surface area contributed by atoms with Crippen molar-refractivity contribution in [1.82, 2.24) is 5.32 Å². The van der Waals surface area contributed by atoms with Gasteiger partial charge in [0.25, 0.3) is 5.91 Å². The summed E-state index contributed by atoms with van der Waals surface area (Å²) in [6.45, 7) is 2.21. The Labute approximate surface area is 181 Å². The molecule has 0 saturated carbocycles. The molecule has 0 spiro atoms. The van der Waals surface area contributed by atoms with E-state index < -0.39 is 12.1 Å². The molecule has 3 rings (SSSR count). The lowest BCUT2D eigenvalue weighted by Gasteiger charge is -2.27. The summed E-state index contributed by atoms with van der Waals surface area (Å²) in [6, 6.07) is 27.6. The predicted molar refractivity (Wildman–Crippen MR) is 121 cm³/mol. The Balaban J connectivity index is 1.89. The summed E-state index contributed by atoms with van der Waals surface area (Å²) in [5.74, 6) is 0.394. The fourth-order valence-corrected chi connectivity index (χ4v) is 3.75. The highest BCUT2D eigenvalue weighted by atomic mass is 32.2. The Morgan fingerprint density at radius 1 is 0.867 bits per heavy atom. The molecule has 0 heterocycles. The maximum Gasteiger partial charge on any atom is 0.251 e. The molecule has 0 fully saturated rings. The fraction of sp³-hybridized carbons (Fsp3) is 0.200. The van der Waals surface area contributed by atoms with Gasteiger partial charge < -0.3 is 10.1 Å². The molecule has 154 valence electrons. The minimum absolute atomic E-state index is 0.101. The van der Waals surface area contributed by atoms with Crippen LogP contribution in [-0.2, 0) is 16.1 Å². The first-order valence-electron chi connectivity index (χ1n) is 9.92. The molecule has 1 N–H and O–H groups in total. The molecule has 0 unspecified atom stereocenters. The van der Waals surface area contributed by atoms with Crippen molar-refractivity contribution in [2.75, 3.05) is 5.75 Å². The summed E-state index contributed by atoms with van der Waals surface area (Å²) in [5, 5.41) is 2.93. The van der Waals surface area contributed by atoms with Crippen molar-refractivity contribution >= 4 is 22.8 Å². The van der Waals surface area contributed by atoms with Crippen molar-refractivity contribution < 1.29 is 14.3 Å². The van der Waals surface area contributed by atoms with Crippen LogP contribution in [0.5, 0.6) is 0 Å². The molecule has 0 aliphatic heterocycles. The third kappa shape index (κ3) is 6.05. The summed E-state index contributed by atoms with van der Waals surface area (Å²) in [5.41, 5.74) is 2.33. The highest BCUT2D eigenvalue weighted by Gasteiger charge is 2.32. The van der Waals surface area contributed by atoms with Crippen LogP contribution >= 0.6 is 11.8 Å². The molecule has 2 atom stereocenters. The molecule has 0 aromatic heterocycles. The van der Waals surface area contributed by atoms with Gasteiger partial charge >= 0.3 is 0 Å². The summed E-state index contributed by atoms with van der Waals surface area (Å²) in [4.78, 5) is 25.9. The van der Waals surface area contributed by atoms with E-state index in [9.17, 15) is 9.59 Å². The normalized spacial score (nSPS) is 12.7. The minimum atomic E-state index is -0.815. The predicted octanol–water partition coefficient (Wildman–Crippen LogP) is 5.02. The monoisotopic (exact) mass is 419 g/mol. The van der Waals surface area contributed by atoms with E-state index in [4.69, 9.17) is 4.74 Å². The first kappa shape index (κ1) is 21.8. The zero-order chi connectivity index (χ0) is 21.2. The van der Waals surface area contributed by atoms with Crippen LogP contribution in [0.25, 0.3) is 0 Å². The van der Waals surface area contributed by atoms with Gasteiger partial charge in [-0.1, -0.05) is 97.5 Å². The average molecular weight is 420 g/mol. The summed E-state index contributed by atoms with van der Waals surface area (Å²) in [7, 11) is 0. The van der Waals surface area contributed by atoms with Gasteiger partial charge in [-0.3, -0.25) is 9.59 Å². The molecule has 0 aliphatic carbocycles. The Morgan fingerprint density at radius 3 is 2.03 bits per heavy atom. The Morgan fingerprint density at radius 2 is 1.43 bits per heavy atom. The van der Waals surface area contributed by atoms with E-state index in [1.807, 2.05) is 85.8 Å². The number of nitrogens with one attached hydrogen (secondary N) is 1. The maximum atomic E-state index is 13.0. The molecule has 0 saturated heterocycles. The van der Waals surface area contributed by atoms with Gasteiger partial charge in [-0.05, 0) is 29.0 Å². The zero-order valence-corrected chi connectivity index (χ0v) is 17.7. The van der Waals surface area contributed by atoms with Gasteiger partial charge in [0.15, 0.2) is 6.10 Å². The lowest BCUT2D eigenvalue weighted by molar-refractivity contribution is -0.124. The van der Waals surface area contributed by atoms with E-state index in [-0.39, 0.29) is 17.6 Å². The smallest absolute Gasteiger partial charge is 0.251 e. The van der Waals surface area contributed by atoms with Crippen LogP contribution in [0.15, 0.2) is 91.0 Å². The van der Waals surface area contributed by atoms with E-state index in [2.05, 4.69) is 5.32 Å². The van der Waals surface area contributed by atoms with Gasteiger partial charge in [0, 0.05) is 5.56 Å². The molecule has 5 heteroatoms. The molecule has 3 aromatic rings. The average Bonchev–Trinajstić information content (AvgIpc) is 2.80. The number of hydrogen-bond acceptors (Lipinski definition) is 4. The van der Waals surface area contributed by atoms with Crippen LogP contribution in [0.4, 0.5) is 0 Å². The highest BCUT2D eigenvalue weighted by molar-refractivity contribution is 8.13. The fourth-order valence-electron chi connectivity index (χ4n) is 3.09. The van der Waals surface area contributed by atoms with Gasteiger partial charge in [-0.15, -0.1) is 0 Å². The van der Waals surface area contributed by atoms with Crippen LogP contribution in [0.3, 0.4) is 0 Å². The van der Waals surface area contributed by atoms with Crippen molar-refractivity contribution in [3.8, 4) is 0 Å². The lowest BCUT2D eigenvalue weighted by Crippen LogP contribution is -2.41. The molecule has 3 aromatic carbocycles. The second-order valence-corrected chi connectivity index (χ2v) is 7.97. The largest absolute Gasteiger partial charge is 0.362 e. The lowest BCUT2D eigenvalue weighted by atomic mass is 10.0. The molecule has 0 aliphatic rings. The molecular weight excluding hydrogens is 394 g/mol. The summed E-state index contributed by atoms with van der Waals surface area (Å²) in [6.07, 6.45) is -0.815. The quantitative estimate of drug-likeness (QED) is 0.529. The topological polar surface area (TPSA) is 55.4 Å². The van der Waals surface area contributed by atoms with E-state index in [0.717, 1.165) is 11.1 Å². The Hall–Kier alpha value is -2.89. The van der Waals surface area contributed by atoms with Gasteiger partial charge in [0.1, 0.15) is 0 Å². The zero-order valence-electron chi connectivity index (χ0n) is 16.9. The third-order valence-electron chi connectivity index (χ3n) is 4.58. The molecule has 30 heavy (non-hydrogen) atoms. The van der Waals surface area contributed by atoms with Crippen LogP contribution < -0.4 is 5.32 Å².